The maximum atomic E-state index is 12.1. The van der Waals surface area contributed by atoms with Gasteiger partial charge >= 0.3 is 0 Å². The van der Waals surface area contributed by atoms with Crippen molar-refractivity contribution in [1.82, 2.24) is 15.1 Å². The first kappa shape index (κ1) is 16.5. The van der Waals surface area contributed by atoms with E-state index in [2.05, 4.69) is 10.4 Å². The Labute approximate surface area is 148 Å². The summed E-state index contributed by atoms with van der Waals surface area (Å²) in [6.07, 6.45) is 3.58. The Balaban J connectivity index is 1.48. The molecule has 3 rings (SSSR count). The fraction of sp³-hybridized carbons (Fsp3) is 0.176. The highest BCUT2D eigenvalue weighted by atomic mass is 35.5. The lowest BCUT2D eigenvalue weighted by Gasteiger charge is -2.05. The number of rotatable bonds is 7. The summed E-state index contributed by atoms with van der Waals surface area (Å²) in [4.78, 5) is 12.8. The summed E-state index contributed by atoms with van der Waals surface area (Å²) in [5.74, 6) is 0.625. The van der Waals surface area contributed by atoms with E-state index in [4.69, 9.17) is 16.3 Å². The molecule has 1 N–H and O–H groups in total. The van der Waals surface area contributed by atoms with E-state index >= 15 is 0 Å². The molecule has 3 aromatic rings. The number of benzene rings is 1. The summed E-state index contributed by atoms with van der Waals surface area (Å²) < 4.78 is 7.45. The Morgan fingerprint density at radius 2 is 2.25 bits per heavy atom. The standard InChI is InChI=1S/C17H16ClN3O2S/c18-14-3-1-4-15(10-14)23-11-13-9-16(24-12-13)17(22)19-6-8-21-7-2-5-20-21/h1-5,7,9-10,12H,6,8,11H2,(H,19,22). The third-order valence-corrected chi connectivity index (χ3v) is 4.48. The van der Waals surface area contributed by atoms with Crippen LogP contribution >= 0.6 is 22.9 Å². The van der Waals surface area contributed by atoms with Crippen LogP contribution in [0.1, 0.15) is 15.2 Å². The summed E-state index contributed by atoms with van der Waals surface area (Å²) >= 11 is 7.32. The van der Waals surface area contributed by atoms with Crippen LogP contribution in [0, 0.1) is 0 Å². The number of thiophene rings is 1. The molecule has 0 spiro atoms. The van der Waals surface area contributed by atoms with Gasteiger partial charge in [-0.3, -0.25) is 9.48 Å². The lowest BCUT2D eigenvalue weighted by molar-refractivity contribution is 0.0956. The zero-order chi connectivity index (χ0) is 16.8. The van der Waals surface area contributed by atoms with Gasteiger partial charge in [-0.1, -0.05) is 17.7 Å². The second-order valence-corrected chi connectivity index (χ2v) is 6.44. The second-order valence-electron chi connectivity index (χ2n) is 5.09. The number of aromatic nitrogens is 2. The number of carbonyl (C=O) groups is 1. The molecule has 24 heavy (non-hydrogen) atoms. The molecule has 1 amide bonds. The van der Waals surface area contributed by atoms with Crippen LogP contribution in [-0.2, 0) is 13.2 Å². The topological polar surface area (TPSA) is 56.2 Å². The minimum absolute atomic E-state index is 0.0823. The van der Waals surface area contributed by atoms with Gasteiger partial charge in [-0.25, -0.2) is 0 Å². The fourth-order valence-corrected chi connectivity index (χ4v) is 3.09. The number of hydrogen-bond acceptors (Lipinski definition) is 4. The number of ether oxygens (including phenoxy) is 1. The fourth-order valence-electron chi connectivity index (χ4n) is 2.10. The predicted molar refractivity (Wildman–Crippen MR) is 94.7 cm³/mol. The number of hydrogen-bond donors (Lipinski definition) is 1. The average Bonchev–Trinajstić information content (AvgIpc) is 3.25. The van der Waals surface area contributed by atoms with Gasteiger partial charge in [-0.2, -0.15) is 5.10 Å². The lowest BCUT2D eigenvalue weighted by atomic mass is 10.3. The molecule has 0 saturated heterocycles. The Bertz CT molecular complexity index is 802. The Morgan fingerprint density at radius 1 is 1.33 bits per heavy atom. The van der Waals surface area contributed by atoms with Crippen molar-refractivity contribution < 1.29 is 9.53 Å². The molecule has 0 aliphatic carbocycles. The van der Waals surface area contributed by atoms with Gasteiger partial charge in [0.2, 0.25) is 0 Å². The highest BCUT2D eigenvalue weighted by molar-refractivity contribution is 7.12. The van der Waals surface area contributed by atoms with Crippen molar-refractivity contribution in [2.45, 2.75) is 13.2 Å². The van der Waals surface area contributed by atoms with Gasteiger partial charge in [0.25, 0.3) is 5.91 Å². The molecule has 124 valence electrons. The molecule has 0 fully saturated rings. The van der Waals surface area contributed by atoms with Gasteiger partial charge in [0.15, 0.2) is 0 Å². The van der Waals surface area contributed by atoms with Gasteiger partial charge in [-0.15, -0.1) is 11.3 Å². The molecule has 0 saturated carbocycles. The molecular formula is C17H16ClN3O2S. The minimum Gasteiger partial charge on any atom is -0.489 e. The highest BCUT2D eigenvalue weighted by Crippen LogP contribution is 2.20. The number of carbonyl (C=O) groups excluding carboxylic acids is 1. The van der Waals surface area contributed by atoms with Crippen molar-refractivity contribution in [2.24, 2.45) is 0 Å². The maximum absolute atomic E-state index is 12.1. The molecule has 7 heteroatoms. The molecule has 0 aliphatic rings. The Hall–Kier alpha value is -2.31. The van der Waals surface area contributed by atoms with Crippen molar-refractivity contribution in [2.75, 3.05) is 6.54 Å². The molecular weight excluding hydrogens is 346 g/mol. The Morgan fingerprint density at radius 3 is 3.04 bits per heavy atom. The average molecular weight is 362 g/mol. The van der Waals surface area contributed by atoms with Crippen LogP contribution in [0.2, 0.25) is 5.02 Å². The molecule has 0 aliphatic heterocycles. The van der Waals surface area contributed by atoms with Gasteiger partial charge < -0.3 is 10.1 Å². The number of amides is 1. The second kappa shape index (κ2) is 7.99. The monoisotopic (exact) mass is 361 g/mol. The third-order valence-electron chi connectivity index (χ3n) is 3.26. The van der Waals surface area contributed by atoms with Crippen molar-refractivity contribution in [3.05, 3.63) is 69.6 Å². The van der Waals surface area contributed by atoms with Crippen LogP contribution < -0.4 is 10.1 Å². The van der Waals surface area contributed by atoms with Crippen LogP contribution in [0.4, 0.5) is 0 Å². The van der Waals surface area contributed by atoms with Gasteiger partial charge in [0.05, 0.1) is 11.4 Å². The molecule has 0 unspecified atom stereocenters. The van der Waals surface area contributed by atoms with Crippen LogP contribution in [0.5, 0.6) is 5.75 Å². The van der Waals surface area contributed by atoms with Crippen molar-refractivity contribution in [1.29, 1.82) is 0 Å². The van der Waals surface area contributed by atoms with Crippen molar-refractivity contribution in [3.8, 4) is 5.75 Å². The molecule has 1 aromatic carbocycles. The van der Waals surface area contributed by atoms with Gasteiger partial charge in [-0.05, 0) is 35.7 Å². The van der Waals surface area contributed by atoms with E-state index in [-0.39, 0.29) is 5.91 Å². The zero-order valence-electron chi connectivity index (χ0n) is 12.8. The molecule has 5 nitrogen and oxygen atoms in total. The van der Waals surface area contributed by atoms with E-state index in [1.165, 1.54) is 11.3 Å². The highest BCUT2D eigenvalue weighted by Gasteiger charge is 2.09. The first-order valence-corrected chi connectivity index (χ1v) is 8.68. The predicted octanol–water partition coefficient (Wildman–Crippen LogP) is 3.61. The largest absolute Gasteiger partial charge is 0.489 e. The van der Waals surface area contributed by atoms with E-state index in [1.54, 1.807) is 23.0 Å². The number of nitrogens with one attached hydrogen (secondary N) is 1. The SMILES string of the molecule is O=C(NCCn1cccn1)c1cc(COc2cccc(Cl)c2)cs1. The van der Waals surface area contributed by atoms with E-state index in [0.29, 0.717) is 35.3 Å². The van der Waals surface area contributed by atoms with Gasteiger partial charge in [0, 0.05) is 29.5 Å². The number of nitrogens with zero attached hydrogens (tertiary/aromatic N) is 2. The first-order valence-electron chi connectivity index (χ1n) is 7.42. The summed E-state index contributed by atoms with van der Waals surface area (Å²) in [5.41, 5.74) is 0.956. The molecule has 2 heterocycles. The summed E-state index contributed by atoms with van der Waals surface area (Å²) in [7, 11) is 0. The quantitative estimate of drug-likeness (QED) is 0.699. The lowest BCUT2D eigenvalue weighted by Crippen LogP contribution is -2.26. The number of halogens is 1. The van der Waals surface area contributed by atoms with Crippen LogP contribution in [0.3, 0.4) is 0 Å². The summed E-state index contributed by atoms with van der Waals surface area (Å²) in [6, 6.07) is 10.9. The van der Waals surface area contributed by atoms with Crippen molar-refractivity contribution in [3.63, 3.8) is 0 Å². The summed E-state index contributed by atoms with van der Waals surface area (Å²) in [5, 5.41) is 9.53. The normalized spacial score (nSPS) is 10.5. The molecule has 0 atom stereocenters. The minimum atomic E-state index is -0.0823. The molecule has 0 bridgehead atoms. The van der Waals surface area contributed by atoms with E-state index < -0.39 is 0 Å². The van der Waals surface area contributed by atoms with E-state index in [0.717, 1.165) is 5.56 Å². The van der Waals surface area contributed by atoms with Crippen molar-refractivity contribution >= 4 is 28.8 Å². The van der Waals surface area contributed by atoms with E-state index in [1.807, 2.05) is 35.8 Å². The third kappa shape index (κ3) is 4.59. The maximum Gasteiger partial charge on any atom is 0.261 e. The smallest absolute Gasteiger partial charge is 0.261 e. The van der Waals surface area contributed by atoms with Crippen LogP contribution in [-0.4, -0.2) is 22.2 Å². The Kier molecular flexibility index (Phi) is 5.51. The van der Waals surface area contributed by atoms with Crippen LogP contribution in [0.25, 0.3) is 0 Å². The molecule has 0 radical (unpaired) electrons. The zero-order valence-corrected chi connectivity index (χ0v) is 14.4. The van der Waals surface area contributed by atoms with E-state index in [9.17, 15) is 4.79 Å². The van der Waals surface area contributed by atoms with Gasteiger partial charge in [0.1, 0.15) is 12.4 Å². The van der Waals surface area contributed by atoms with Crippen LogP contribution in [0.15, 0.2) is 54.2 Å². The first-order chi connectivity index (χ1) is 11.7. The molecule has 2 aromatic heterocycles. The summed E-state index contributed by atoms with van der Waals surface area (Å²) in [6.45, 7) is 1.58.